The first-order chi connectivity index (χ1) is 27.5. The smallest absolute Gasteiger partial charge is 0.327 e. The van der Waals surface area contributed by atoms with Crippen LogP contribution in [0.4, 0.5) is 27.9 Å². The monoisotopic (exact) mass is 763 g/mol. The summed E-state index contributed by atoms with van der Waals surface area (Å²) in [6.45, 7) is 15.1. The van der Waals surface area contributed by atoms with Crippen molar-refractivity contribution < 1.29 is 9.59 Å². The summed E-state index contributed by atoms with van der Waals surface area (Å²) in [6.07, 6.45) is 14.1. The predicted octanol–water partition coefficient (Wildman–Crippen LogP) is 9.68. The second-order valence-corrected chi connectivity index (χ2v) is 14.3. The number of benzene rings is 3. The molecule has 0 radical (unpaired) electrons. The van der Waals surface area contributed by atoms with Gasteiger partial charge in [-0.1, -0.05) is 99.3 Å². The van der Waals surface area contributed by atoms with Gasteiger partial charge in [0.2, 0.25) is 5.95 Å². The molecule has 2 heterocycles. The molecule has 0 aliphatic carbocycles. The number of carbonyl (C=O) groups excluding carboxylic acids is 2. The Bertz CT molecular complexity index is 2160. The fourth-order valence-corrected chi connectivity index (χ4v) is 6.20. The van der Waals surface area contributed by atoms with Crippen molar-refractivity contribution in [1.29, 1.82) is 5.41 Å². The maximum absolute atomic E-state index is 14.3. The van der Waals surface area contributed by atoms with Crippen LogP contribution in [0.1, 0.15) is 62.8 Å². The first-order valence-corrected chi connectivity index (χ1v) is 19.3. The second kappa shape index (κ2) is 20.3. The molecular weight excluding hydrogens is 711 g/mol. The lowest BCUT2D eigenvalue weighted by Gasteiger charge is -2.30. The number of allylic oxidation sites excluding steroid dienone is 4. The molecule has 1 aliphatic rings. The van der Waals surface area contributed by atoms with Gasteiger partial charge in [-0.15, -0.1) is 0 Å². The normalized spacial score (nSPS) is 13.5. The van der Waals surface area contributed by atoms with Crippen molar-refractivity contribution in [3.63, 3.8) is 0 Å². The summed E-state index contributed by atoms with van der Waals surface area (Å²) in [6, 6.07) is 25.1. The molecule has 0 unspecified atom stereocenters. The van der Waals surface area contributed by atoms with Crippen molar-refractivity contribution in [3.8, 4) is 0 Å². The average molecular weight is 764 g/mol. The number of rotatable bonds is 18. The van der Waals surface area contributed by atoms with Crippen molar-refractivity contribution >= 4 is 46.5 Å². The lowest BCUT2D eigenvalue weighted by Crippen LogP contribution is -2.39. The number of carbonyl (C=O) groups is 2. The van der Waals surface area contributed by atoms with Gasteiger partial charge in [0.05, 0.1) is 24.5 Å². The predicted molar refractivity (Wildman–Crippen MR) is 234 cm³/mol. The highest BCUT2D eigenvalue weighted by atomic mass is 16.2. The van der Waals surface area contributed by atoms with Crippen LogP contribution in [0.15, 0.2) is 139 Å². The number of anilines is 4. The van der Waals surface area contributed by atoms with E-state index in [1.165, 1.54) is 0 Å². The van der Waals surface area contributed by atoms with E-state index in [0.717, 1.165) is 39.3 Å². The molecule has 294 valence electrons. The standard InChI is InChI=1S/C46H53N9O2/c1-7-16-40(37-19-12-9-13-20-37)51-41(27-32(2)3)44(56)54(30-36-17-10-8-11-18-36)26-15-14-25-48-39-24-21-33(4)42(28-39)55-31-38-29-49-45(52-43(38)53-46(55)57)50-35(6)23-22-34(5)47/h7-13,15-24,26,28-29,32,41,47-48H,6,14,25,27,30-31H2,1-5H3,(H2,49,50,52,53,57)/b16-7+,23-22-,26-15+,47-34?,51-40?/t41-/m0/s1. The zero-order chi connectivity index (χ0) is 40.7. The van der Waals surface area contributed by atoms with Crippen LogP contribution in [0.5, 0.6) is 0 Å². The summed E-state index contributed by atoms with van der Waals surface area (Å²) in [5.74, 6) is 0.954. The van der Waals surface area contributed by atoms with Gasteiger partial charge in [0.15, 0.2) is 0 Å². The molecule has 57 heavy (non-hydrogen) atoms. The van der Waals surface area contributed by atoms with E-state index < -0.39 is 6.04 Å². The third-order valence-electron chi connectivity index (χ3n) is 9.04. The summed E-state index contributed by atoms with van der Waals surface area (Å²) in [7, 11) is 0. The Morgan fingerprint density at radius 1 is 1.07 bits per heavy atom. The third-order valence-corrected chi connectivity index (χ3v) is 9.04. The molecule has 4 aromatic rings. The van der Waals surface area contributed by atoms with Crippen LogP contribution < -0.4 is 20.9 Å². The van der Waals surface area contributed by atoms with Gasteiger partial charge < -0.3 is 20.9 Å². The molecule has 0 fully saturated rings. The van der Waals surface area contributed by atoms with Gasteiger partial charge in [0, 0.05) is 41.6 Å². The number of aryl methyl sites for hydroxylation is 1. The molecule has 0 saturated heterocycles. The SMILES string of the molecule is C=C(/C=C\C(C)=N)Nc1ncc2c(n1)NC(=O)N(c1cc(NCC/C=C/N(Cc3ccccc3)C(=O)[C@H](CC(C)C)N=C(/C=C/C)c3ccccc3)ccc1C)C2. The van der Waals surface area contributed by atoms with Crippen molar-refractivity contribution in [2.75, 3.05) is 27.4 Å². The Morgan fingerprint density at radius 2 is 1.81 bits per heavy atom. The van der Waals surface area contributed by atoms with E-state index >= 15 is 0 Å². The number of hydrogen-bond donors (Lipinski definition) is 4. The van der Waals surface area contributed by atoms with Crippen LogP contribution in [-0.2, 0) is 17.9 Å². The highest BCUT2D eigenvalue weighted by molar-refractivity contribution is 6.09. The average Bonchev–Trinajstić information content (AvgIpc) is 3.19. The maximum Gasteiger partial charge on any atom is 0.327 e. The number of nitrogens with zero attached hydrogens (tertiary/aromatic N) is 5. The van der Waals surface area contributed by atoms with Gasteiger partial charge in [-0.05, 0) is 86.6 Å². The van der Waals surface area contributed by atoms with Crippen molar-refractivity contribution in [3.05, 3.63) is 156 Å². The van der Waals surface area contributed by atoms with Gasteiger partial charge in [-0.3, -0.25) is 20.0 Å². The minimum Gasteiger partial charge on any atom is -0.385 e. The van der Waals surface area contributed by atoms with E-state index in [-0.39, 0.29) is 17.9 Å². The Balaban J connectivity index is 1.27. The van der Waals surface area contributed by atoms with E-state index in [1.807, 2.05) is 117 Å². The Kier molecular flexibility index (Phi) is 14.8. The van der Waals surface area contributed by atoms with Crippen LogP contribution in [0.3, 0.4) is 0 Å². The van der Waals surface area contributed by atoms with Crippen LogP contribution in [0.25, 0.3) is 0 Å². The molecule has 1 atom stereocenters. The van der Waals surface area contributed by atoms with E-state index in [2.05, 4.69) is 46.3 Å². The zero-order valence-corrected chi connectivity index (χ0v) is 33.5. The first kappa shape index (κ1) is 41.5. The molecule has 0 saturated carbocycles. The number of aromatic nitrogens is 2. The fourth-order valence-electron chi connectivity index (χ4n) is 6.20. The lowest BCUT2D eigenvalue weighted by atomic mass is 10.0. The lowest BCUT2D eigenvalue weighted by molar-refractivity contribution is -0.130. The first-order valence-electron chi connectivity index (χ1n) is 19.3. The molecule has 4 N–H and O–H groups in total. The Labute approximate surface area is 336 Å². The van der Waals surface area contributed by atoms with E-state index in [0.29, 0.717) is 55.7 Å². The Hall–Kier alpha value is -6.62. The van der Waals surface area contributed by atoms with E-state index in [4.69, 9.17) is 10.4 Å². The van der Waals surface area contributed by atoms with Crippen molar-refractivity contribution in [2.24, 2.45) is 10.9 Å². The van der Waals surface area contributed by atoms with Crippen LogP contribution >= 0.6 is 0 Å². The molecule has 0 spiro atoms. The molecule has 3 amide bonds. The van der Waals surface area contributed by atoms with Crippen LogP contribution in [-0.4, -0.2) is 50.8 Å². The molecule has 11 heteroatoms. The molecule has 11 nitrogen and oxygen atoms in total. The fraction of sp³-hybridized carbons (Fsp3) is 0.261. The summed E-state index contributed by atoms with van der Waals surface area (Å²) < 4.78 is 0. The highest BCUT2D eigenvalue weighted by Gasteiger charge is 2.27. The van der Waals surface area contributed by atoms with E-state index in [9.17, 15) is 9.59 Å². The number of urea groups is 1. The number of amides is 3. The molecule has 5 rings (SSSR count). The number of nitrogens with one attached hydrogen (secondary N) is 4. The molecule has 0 bridgehead atoms. The second-order valence-electron chi connectivity index (χ2n) is 14.3. The van der Waals surface area contributed by atoms with Gasteiger partial charge in [-0.25, -0.2) is 9.78 Å². The topological polar surface area (TPSA) is 139 Å². The van der Waals surface area contributed by atoms with Gasteiger partial charge in [-0.2, -0.15) is 4.98 Å². The summed E-state index contributed by atoms with van der Waals surface area (Å²) in [4.78, 5) is 45.1. The minimum atomic E-state index is -0.553. The quantitative estimate of drug-likeness (QED) is 0.0452. The summed E-state index contributed by atoms with van der Waals surface area (Å²) in [5, 5.41) is 16.9. The summed E-state index contributed by atoms with van der Waals surface area (Å²) >= 11 is 0. The number of aliphatic imine (C=N–C) groups is 1. The van der Waals surface area contributed by atoms with Crippen LogP contribution in [0.2, 0.25) is 0 Å². The Morgan fingerprint density at radius 3 is 2.51 bits per heavy atom. The highest BCUT2D eigenvalue weighted by Crippen LogP contribution is 2.31. The maximum atomic E-state index is 14.3. The molecular formula is C46H53N9O2. The van der Waals surface area contributed by atoms with Gasteiger partial charge >= 0.3 is 6.03 Å². The van der Waals surface area contributed by atoms with Crippen molar-refractivity contribution in [2.45, 2.75) is 66.6 Å². The largest absolute Gasteiger partial charge is 0.385 e. The van der Waals surface area contributed by atoms with Gasteiger partial charge in [0.1, 0.15) is 11.9 Å². The van der Waals surface area contributed by atoms with E-state index in [1.54, 1.807) is 35.1 Å². The van der Waals surface area contributed by atoms with Crippen molar-refractivity contribution in [1.82, 2.24) is 14.9 Å². The van der Waals surface area contributed by atoms with Crippen LogP contribution in [0, 0.1) is 18.3 Å². The molecule has 1 aromatic heterocycles. The molecule has 1 aliphatic heterocycles. The summed E-state index contributed by atoms with van der Waals surface area (Å²) in [5.41, 5.74) is 7.07. The van der Waals surface area contributed by atoms with Gasteiger partial charge in [0.25, 0.3) is 5.91 Å². The number of fused-ring (bicyclic) bond motifs is 1. The zero-order valence-electron chi connectivity index (χ0n) is 33.5. The number of hydrogen-bond acceptors (Lipinski definition) is 8. The minimum absolute atomic E-state index is 0.0473. The third kappa shape index (κ3) is 12.2. The molecule has 3 aromatic carbocycles.